The molecule has 2 N–H and O–H groups in total. The molecule has 3 aliphatic rings. The minimum Gasteiger partial charge on any atom is -0.461 e. The van der Waals surface area contributed by atoms with Crippen molar-refractivity contribution in [2.24, 2.45) is 0 Å². The fourth-order valence-corrected chi connectivity index (χ4v) is 7.02. The number of sulfonamides is 1. The highest BCUT2D eigenvalue weighted by Crippen LogP contribution is 2.40. The molecular weight excluding hydrogens is 502 g/mol. The molecule has 9 heteroatoms. The predicted octanol–water partition coefficient (Wildman–Crippen LogP) is 4.85. The average Bonchev–Trinajstić information content (AvgIpc) is 3.46. The maximum absolute atomic E-state index is 13.3. The van der Waals surface area contributed by atoms with Gasteiger partial charge >= 0.3 is 0 Å². The van der Waals surface area contributed by atoms with Gasteiger partial charge in [-0.1, -0.05) is 18.2 Å². The summed E-state index contributed by atoms with van der Waals surface area (Å²) >= 11 is 0. The van der Waals surface area contributed by atoms with Crippen LogP contribution in [-0.2, 0) is 32.4 Å². The average molecular weight is 534 g/mol. The predicted molar refractivity (Wildman–Crippen MR) is 146 cm³/mol. The van der Waals surface area contributed by atoms with Crippen molar-refractivity contribution >= 4 is 39.0 Å². The summed E-state index contributed by atoms with van der Waals surface area (Å²) in [6.45, 7) is 3.47. The van der Waals surface area contributed by atoms with E-state index in [1.54, 1.807) is 24.3 Å². The van der Waals surface area contributed by atoms with Gasteiger partial charge in [-0.15, -0.1) is 0 Å². The number of benzene rings is 2. The van der Waals surface area contributed by atoms with E-state index in [2.05, 4.69) is 17.6 Å². The zero-order chi connectivity index (χ0) is 26.3. The fraction of sp³-hybridized carbons (Fsp3) is 0.345. The Bertz CT molecular complexity index is 1500. The second-order valence-corrected chi connectivity index (χ2v) is 11.9. The highest BCUT2D eigenvalue weighted by molar-refractivity contribution is 7.89. The Balaban J connectivity index is 1.40. The summed E-state index contributed by atoms with van der Waals surface area (Å²) < 4.78 is 39.7. The highest BCUT2D eigenvalue weighted by Gasteiger charge is 2.32. The number of carbonyl (C=O) groups is 1. The molecule has 0 bridgehead atoms. The Morgan fingerprint density at radius 3 is 2.61 bits per heavy atom. The molecule has 0 radical (unpaired) electrons. The summed E-state index contributed by atoms with van der Waals surface area (Å²) in [7, 11) is -3.70. The van der Waals surface area contributed by atoms with Crippen molar-refractivity contribution in [2.75, 3.05) is 36.9 Å². The summed E-state index contributed by atoms with van der Waals surface area (Å²) in [5, 5.41) is 6.45. The topological polar surface area (TPSA) is 101 Å². The molecule has 0 spiro atoms. The van der Waals surface area contributed by atoms with E-state index < -0.39 is 10.0 Å². The Labute approximate surface area is 222 Å². The number of rotatable bonds is 6. The number of aryl methyl sites for hydroxylation is 1. The van der Waals surface area contributed by atoms with Gasteiger partial charge in [0.05, 0.1) is 29.7 Å². The lowest BCUT2D eigenvalue weighted by molar-refractivity contribution is -0.110. The molecule has 38 heavy (non-hydrogen) atoms. The van der Waals surface area contributed by atoms with Crippen LogP contribution >= 0.6 is 0 Å². The standard InChI is InChI=1S/C29H31N3O5S/c1-19(30-20-7-3-2-4-8-20)28-22-9-5-6-10-26(22)37-27(28)18-24-23-17-21(11-12-25(23)31-29(24)33)38(34,35)32-13-15-36-16-14-32/h2-4,7-8,11-12,17-19,30H,5-6,9-10,13-16H2,1H3,(H,31,33). The first-order chi connectivity index (χ1) is 18.4. The summed E-state index contributed by atoms with van der Waals surface area (Å²) in [5.41, 5.74) is 4.82. The van der Waals surface area contributed by atoms with E-state index in [-0.39, 0.29) is 16.8 Å². The minimum absolute atomic E-state index is 0.0492. The number of hydrogen-bond acceptors (Lipinski definition) is 6. The molecule has 198 valence electrons. The lowest BCUT2D eigenvalue weighted by atomic mass is 9.91. The molecule has 1 fully saturated rings. The SMILES string of the molecule is CC(Nc1ccccc1)c1c(C=C2C(=O)Nc3ccc(S(=O)(=O)N4CCOCC4)cc32)oc2c1CCCC2. The van der Waals surface area contributed by atoms with Crippen LogP contribution in [0.15, 0.2) is 57.8 Å². The Morgan fingerprint density at radius 2 is 1.82 bits per heavy atom. The summed E-state index contributed by atoms with van der Waals surface area (Å²) in [5.74, 6) is 1.35. The van der Waals surface area contributed by atoms with Crippen LogP contribution in [0.2, 0.25) is 0 Å². The van der Waals surface area contributed by atoms with E-state index in [0.29, 0.717) is 48.9 Å². The number of morpholine rings is 1. The van der Waals surface area contributed by atoms with Gasteiger partial charge in [0, 0.05) is 42.0 Å². The largest absolute Gasteiger partial charge is 0.461 e. The highest BCUT2D eigenvalue weighted by atomic mass is 32.2. The Morgan fingerprint density at radius 1 is 1.05 bits per heavy atom. The number of hydrogen-bond donors (Lipinski definition) is 2. The molecule has 1 aromatic heterocycles. The van der Waals surface area contributed by atoms with Gasteiger partial charge < -0.3 is 19.8 Å². The number of amides is 1. The van der Waals surface area contributed by atoms with E-state index in [9.17, 15) is 13.2 Å². The van der Waals surface area contributed by atoms with Crippen LogP contribution in [0, 0.1) is 0 Å². The van der Waals surface area contributed by atoms with Gasteiger partial charge in [-0.25, -0.2) is 8.42 Å². The molecular formula is C29H31N3O5S. The Kier molecular flexibility index (Phi) is 6.59. The molecule has 1 atom stereocenters. The van der Waals surface area contributed by atoms with Gasteiger partial charge in [-0.2, -0.15) is 4.31 Å². The number of para-hydroxylation sites is 1. The van der Waals surface area contributed by atoms with Crippen molar-refractivity contribution in [1.82, 2.24) is 4.31 Å². The number of nitrogens with zero attached hydrogens (tertiary/aromatic N) is 1. The minimum atomic E-state index is -3.70. The van der Waals surface area contributed by atoms with Crippen LogP contribution in [0.1, 0.15) is 54.0 Å². The van der Waals surface area contributed by atoms with Crippen LogP contribution in [0.3, 0.4) is 0 Å². The third-order valence-corrected chi connectivity index (χ3v) is 9.38. The fourth-order valence-electron chi connectivity index (χ4n) is 5.59. The monoisotopic (exact) mass is 533 g/mol. The van der Waals surface area contributed by atoms with E-state index in [1.807, 2.05) is 30.3 Å². The molecule has 0 saturated carbocycles. The third-order valence-electron chi connectivity index (χ3n) is 7.49. The van der Waals surface area contributed by atoms with Crippen molar-refractivity contribution in [1.29, 1.82) is 0 Å². The van der Waals surface area contributed by atoms with Crippen molar-refractivity contribution in [2.45, 2.75) is 43.5 Å². The zero-order valence-corrected chi connectivity index (χ0v) is 22.1. The van der Waals surface area contributed by atoms with Crippen molar-refractivity contribution in [3.63, 3.8) is 0 Å². The smallest absolute Gasteiger partial charge is 0.256 e. The first-order valence-corrected chi connectivity index (χ1v) is 14.6. The molecule has 3 aromatic rings. The van der Waals surface area contributed by atoms with Gasteiger partial charge in [0.15, 0.2) is 0 Å². The zero-order valence-electron chi connectivity index (χ0n) is 21.3. The molecule has 3 heterocycles. The molecule has 8 nitrogen and oxygen atoms in total. The van der Waals surface area contributed by atoms with Gasteiger partial charge in [0.1, 0.15) is 11.5 Å². The van der Waals surface area contributed by atoms with Crippen LogP contribution in [0.25, 0.3) is 11.6 Å². The van der Waals surface area contributed by atoms with Crippen molar-refractivity contribution < 1.29 is 22.4 Å². The van der Waals surface area contributed by atoms with Crippen LogP contribution in [0.5, 0.6) is 0 Å². The van der Waals surface area contributed by atoms with Gasteiger partial charge in [-0.3, -0.25) is 4.79 Å². The molecule has 1 amide bonds. The van der Waals surface area contributed by atoms with Crippen molar-refractivity contribution in [3.05, 3.63) is 76.7 Å². The summed E-state index contributed by atoms with van der Waals surface area (Å²) in [6.07, 6.45) is 5.75. The lowest BCUT2D eigenvalue weighted by Gasteiger charge is -2.26. The maximum Gasteiger partial charge on any atom is 0.256 e. The van der Waals surface area contributed by atoms with E-state index in [1.165, 1.54) is 9.87 Å². The lowest BCUT2D eigenvalue weighted by Crippen LogP contribution is -2.40. The molecule has 2 aliphatic heterocycles. The molecule has 1 aliphatic carbocycles. The third kappa shape index (κ3) is 4.55. The second-order valence-electron chi connectivity index (χ2n) is 9.96. The van der Waals surface area contributed by atoms with Crippen molar-refractivity contribution in [3.8, 4) is 0 Å². The van der Waals surface area contributed by atoms with E-state index in [0.717, 1.165) is 42.7 Å². The maximum atomic E-state index is 13.3. The molecule has 6 rings (SSSR count). The van der Waals surface area contributed by atoms with Gasteiger partial charge in [0.2, 0.25) is 10.0 Å². The van der Waals surface area contributed by atoms with Crippen LogP contribution in [0.4, 0.5) is 11.4 Å². The molecule has 1 unspecified atom stereocenters. The van der Waals surface area contributed by atoms with Crippen LogP contribution in [-0.4, -0.2) is 44.9 Å². The quantitative estimate of drug-likeness (QED) is 0.440. The summed E-state index contributed by atoms with van der Waals surface area (Å²) in [6, 6.07) is 14.8. The van der Waals surface area contributed by atoms with Crippen LogP contribution < -0.4 is 10.6 Å². The molecule has 2 aromatic carbocycles. The number of nitrogens with one attached hydrogen (secondary N) is 2. The van der Waals surface area contributed by atoms with E-state index in [4.69, 9.17) is 9.15 Å². The van der Waals surface area contributed by atoms with Gasteiger partial charge in [0.25, 0.3) is 5.91 Å². The number of anilines is 2. The van der Waals surface area contributed by atoms with Gasteiger partial charge in [-0.05, 0) is 68.2 Å². The first-order valence-electron chi connectivity index (χ1n) is 13.1. The second kappa shape index (κ2) is 10.1. The van der Waals surface area contributed by atoms with E-state index >= 15 is 0 Å². The summed E-state index contributed by atoms with van der Waals surface area (Å²) in [4.78, 5) is 13.3. The Hall–Kier alpha value is -3.40. The number of fused-ring (bicyclic) bond motifs is 2. The number of carbonyl (C=O) groups excluding carboxylic acids is 1. The first kappa shape index (κ1) is 24.9. The number of ether oxygens (including phenoxy) is 1. The molecule has 1 saturated heterocycles. The number of furan rings is 1. The normalized spacial score (nSPS) is 19.6.